The highest BCUT2D eigenvalue weighted by molar-refractivity contribution is 5.65. The second-order valence-corrected chi connectivity index (χ2v) is 9.04. The first-order valence-corrected chi connectivity index (χ1v) is 12.1. The van der Waals surface area contributed by atoms with E-state index in [0.29, 0.717) is 0 Å². The third-order valence-electron chi connectivity index (χ3n) is 6.85. The van der Waals surface area contributed by atoms with Crippen molar-refractivity contribution in [1.82, 2.24) is 0 Å². The van der Waals surface area contributed by atoms with Gasteiger partial charge in [-0.05, 0) is 90.6 Å². The normalized spacial score (nSPS) is 17.9. The van der Waals surface area contributed by atoms with E-state index in [-0.39, 0.29) is 0 Å². The van der Waals surface area contributed by atoms with Crippen LogP contribution in [0.3, 0.4) is 0 Å². The highest BCUT2D eigenvalue weighted by Gasteiger charge is 2.21. The number of methoxy groups -OCH3 is 1. The number of hydrogen-bond acceptors (Lipinski definition) is 1. The van der Waals surface area contributed by atoms with Crippen LogP contribution in [0.1, 0.15) is 74.5 Å². The fourth-order valence-electron chi connectivity index (χ4n) is 4.79. The van der Waals surface area contributed by atoms with Crippen molar-refractivity contribution in [1.29, 1.82) is 0 Å². The summed E-state index contributed by atoms with van der Waals surface area (Å²) >= 11 is 0. The van der Waals surface area contributed by atoms with Crippen molar-refractivity contribution in [2.45, 2.75) is 57.8 Å². The fraction of sp³-hybridized carbons (Fsp3) is 0.355. The lowest BCUT2D eigenvalue weighted by molar-refractivity contribution is 0.304. The van der Waals surface area contributed by atoms with Crippen LogP contribution in [0.5, 0.6) is 5.75 Å². The summed E-state index contributed by atoms with van der Waals surface area (Å²) in [4.78, 5) is 0. The SMILES string of the molecule is CCCC[C@H]1CC[C@H](c2ccc(C#Cc3ccc(-c4ccc(OC)cc4)cc3)cc2)CC1. The van der Waals surface area contributed by atoms with E-state index in [1.165, 1.54) is 61.6 Å². The van der Waals surface area contributed by atoms with Gasteiger partial charge in [-0.15, -0.1) is 0 Å². The van der Waals surface area contributed by atoms with Gasteiger partial charge in [-0.25, -0.2) is 0 Å². The van der Waals surface area contributed by atoms with E-state index in [9.17, 15) is 0 Å². The maximum absolute atomic E-state index is 5.24. The molecule has 4 rings (SSSR count). The zero-order chi connectivity index (χ0) is 22.2. The molecule has 0 unspecified atom stereocenters. The largest absolute Gasteiger partial charge is 0.497 e. The number of ether oxygens (including phenoxy) is 1. The Morgan fingerprint density at radius 1 is 0.719 bits per heavy atom. The zero-order valence-electron chi connectivity index (χ0n) is 19.4. The third kappa shape index (κ3) is 5.83. The van der Waals surface area contributed by atoms with Crippen LogP contribution in [0.15, 0.2) is 72.8 Å². The smallest absolute Gasteiger partial charge is 0.118 e. The second kappa shape index (κ2) is 11.1. The Hall–Kier alpha value is -2.98. The summed E-state index contributed by atoms with van der Waals surface area (Å²) in [5, 5.41) is 0. The van der Waals surface area contributed by atoms with E-state index < -0.39 is 0 Å². The molecule has 1 saturated carbocycles. The zero-order valence-corrected chi connectivity index (χ0v) is 19.4. The summed E-state index contributed by atoms with van der Waals surface area (Å²) in [6.07, 6.45) is 9.65. The Kier molecular flexibility index (Phi) is 7.68. The van der Waals surface area contributed by atoms with Gasteiger partial charge in [0.2, 0.25) is 0 Å². The van der Waals surface area contributed by atoms with Crippen LogP contribution >= 0.6 is 0 Å². The molecule has 3 aromatic carbocycles. The summed E-state index contributed by atoms with van der Waals surface area (Å²) in [7, 11) is 1.69. The molecule has 0 bridgehead atoms. The van der Waals surface area contributed by atoms with Crippen molar-refractivity contribution in [3.05, 3.63) is 89.5 Å². The van der Waals surface area contributed by atoms with Crippen LogP contribution in [-0.2, 0) is 0 Å². The minimum Gasteiger partial charge on any atom is -0.497 e. The molecule has 32 heavy (non-hydrogen) atoms. The number of benzene rings is 3. The van der Waals surface area contributed by atoms with Crippen LogP contribution in [0, 0.1) is 17.8 Å². The molecule has 0 spiro atoms. The summed E-state index contributed by atoms with van der Waals surface area (Å²) < 4.78 is 5.24. The second-order valence-electron chi connectivity index (χ2n) is 9.04. The molecule has 0 atom stereocenters. The summed E-state index contributed by atoms with van der Waals surface area (Å²) in [5.41, 5.74) is 5.99. The molecule has 0 heterocycles. The van der Waals surface area contributed by atoms with Gasteiger partial charge >= 0.3 is 0 Å². The highest BCUT2D eigenvalue weighted by atomic mass is 16.5. The average molecular weight is 423 g/mol. The van der Waals surface area contributed by atoms with Crippen LogP contribution in [-0.4, -0.2) is 7.11 Å². The van der Waals surface area contributed by atoms with Crippen molar-refractivity contribution in [2.24, 2.45) is 5.92 Å². The van der Waals surface area contributed by atoms with Gasteiger partial charge in [0.15, 0.2) is 0 Å². The first-order valence-electron chi connectivity index (χ1n) is 12.1. The van der Waals surface area contributed by atoms with Crippen molar-refractivity contribution in [3.63, 3.8) is 0 Å². The molecule has 1 aliphatic carbocycles. The van der Waals surface area contributed by atoms with Gasteiger partial charge in [0.25, 0.3) is 0 Å². The predicted octanol–water partition coefficient (Wildman–Crippen LogP) is 8.23. The molecule has 1 aliphatic rings. The van der Waals surface area contributed by atoms with Crippen LogP contribution < -0.4 is 4.74 Å². The van der Waals surface area contributed by atoms with Gasteiger partial charge in [-0.1, -0.05) is 74.4 Å². The van der Waals surface area contributed by atoms with E-state index in [2.05, 4.69) is 79.4 Å². The Labute approximate surface area is 193 Å². The molecule has 164 valence electrons. The van der Waals surface area contributed by atoms with Gasteiger partial charge in [0.1, 0.15) is 5.75 Å². The molecule has 1 nitrogen and oxygen atoms in total. The van der Waals surface area contributed by atoms with E-state index in [1.54, 1.807) is 7.11 Å². The molecule has 0 radical (unpaired) electrons. The number of hydrogen-bond donors (Lipinski definition) is 0. The molecular weight excluding hydrogens is 388 g/mol. The summed E-state index contributed by atoms with van der Waals surface area (Å²) in [6, 6.07) is 25.6. The van der Waals surface area contributed by atoms with Crippen molar-refractivity contribution in [3.8, 4) is 28.7 Å². The average Bonchev–Trinajstić information content (AvgIpc) is 2.87. The first-order chi connectivity index (χ1) is 15.7. The number of unbranched alkanes of at least 4 members (excludes halogenated alkanes) is 1. The lowest BCUT2D eigenvalue weighted by Gasteiger charge is -2.28. The minimum absolute atomic E-state index is 0.736. The Bertz CT molecular complexity index is 1020. The van der Waals surface area contributed by atoms with E-state index in [1.807, 2.05) is 12.1 Å². The quantitative estimate of drug-likeness (QED) is 0.364. The lowest BCUT2D eigenvalue weighted by atomic mass is 9.77. The molecule has 0 N–H and O–H groups in total. The third-order valence-corrected chi connectivity index (χ3v) is 6.85. The van der Waals surface area contributed by atoms with Gasteiger partial charge in [-0.2, -0.15) is 0 Å². The summed E-state index contributed by atoms with van der Waals surface area (Å²) in [6.45, 7) is 2.30. The van der Waals surface area contributed by atoms with E-state index in [0.717, 1.165) is 28.7 Å². The molecule has 0 aromatic heterocycles. The van der Waals surface area contributed by atoms with Gasteiger partial charge in [0, 0.05) is 11.1 Å². The topological polar surface area (TPSA) is 9.23 Å². The van der Waals surface area contributed by atoms with Crippen LogP contribution in [0.4, 0.5) is 0 Å². The molecule has 0 saturated heterocycles. The predicted molar refractivity (Wildman–Crippen MR) is 135 cm³/mol. The minimum atomic E-state index is 0.736. The molecule has 3 aromatic rings. The highest BCUT2D eigenvalue weighted by Crippen LogP contribution is 2.37. The lowest BCUT2D eigenvalue weighted by Crippen LogP contribution is -2.13. The van der Waals surface area contributed by atoms with Crippen LogP contribution in [0.2, 0.25) is 0 Å². The molecule has 0 amide bonds. The number of rotatable bonds is 6. The standard InChI is InChI=1S/C31H34O/c1-3-4-5-24-8-14-27(15-9-24)28-16-10-25(11-17-28)6-7-26-12-18-29(19-13-26)30-20-22-31(32-2)23-21-30/h10-13,16-24,27H,3-5,8-9,14-15H2,1-2H3/t24-,27-. The summed E-state index contributed by atoms with van der Waals surface area (Å²) in [5.74, 6) is 9.22. The van der Waals surface area contributed by atoms with Crippen LogP contribution in [0.25, 0.3) is 11.1 Å². The van der Waals surface area contributed by atoms with Gasteiger partial charge < -0.3 is 4.74 Å². The Balaban J connectivity index is 1.34. The maximum atomic E-state index is 5.24. The van der Waals surface area contributed by atoms with E-state index >= 15 is 0 Å². The van der Waals surface area contributed by atoms with Crippen molar-refractivity contribution < 1.29 is 4.74 Å². The van der Waals surface area contributed by atoms with Gasteiger partial charge in [0.05, 0.1) is 7.11 Å². The van der Waals surface area contributed by atoms with Crippen molar-refractivity contribution >= 4 is 0 Å². The Morgan fingerprint density at radius 2 is 1.25 bits per heavy atom. The van der Waals surface area contributed by atoms with Gasteiger partial charge in [-0.3, -0.25) is 0 Å². The van der Waals surface area contributed by atoms with E-state index in [4.69, 9.17) is 4.74 Å². The van der Waals surface area contributed by atoms with Crippen molar-refractivity contribution in [2.75, 3.05) is 7.11 Å². The first kappa shape index (κ1) is 22.2. The fourth-order valence-corrected chi connectivity index (χ4v) is 4.79. The molecule has 1 fully saturated rings. The monoisotopic (exact) mass is 422 g/mol. The molecule has 1 heteroatoms. The molecular formula is C31H34O. The maximum Gasteiger partial charge on any atom is 0.118 e. The Morgan fingerprint density at radius 3 is 1.78 bits per heavy atom. The molecule has 0 aliphatic heterocycles.